The molecule has 1 saturated heterocycles. The zero-order chi connectivity index (χ0) is 32.0. The molecule has 14 nitrogen and oxygen atoms in total. The van der Waals surface area contributed by atoms with Gasteiger partial charge in [-0.3, -0.25) is 18.8 Å². The van der Waals surface area contributed by atoms with E-state index >= 15 is 0 Å². The van der Waals surface area contributed by atoms with E-state index in [2.05, 4.69) is 20.0 Å². The summed E-state index contributed by atoms with van der Waals surface area (Å²) in [5.41, 5.74) is 7.07. The monoisotopic (exact) mass is 642 g/mol. The van der Waals surface area contributed by atoms with Crippen molar-refractivity contribution in [1.82, 2.24) is 38.5 Å². The highest BCUT2D eigenvalue weighted by Crippen LogP contribution is 2.26. The maximum absolute atomic E-state index is 14.9. The summed E-state index contributed by atoms with van der Waals surface area (Å²) in [6.45, 7) is 2.93. The number of nitrogen functional groups attached to an aromatic ring is 1. The van der Waals surface area contributed by atoms with Crippen molar-refractivity contribution < 1.29 is 22.5 Å². The fourth-order valence-corrected chi connectivity index (χ4v) is 6.00. The van der Waals surface area contributed by atoms with Gasteiger partial charge in [-0.2, -0.15) is 9.50 Å². The van der Waals surface area contributed by atoms with Crippen LogP contribution in [0.4, 0.5) is 20.4 Å². The maximum Gasteiger partial charge on any atom is 0.330 e. The summed E-state index contributed by atoms with van der Waals surface area (Å²) in [6.07, 6.45) is 3.04. The first-order valence-corrected chi connectivity index (χ1v) is 15.9. The van der Waals surface area contributed by atoms with Crippen LogP contribution in [-0.2, 0) is 24.8 Å². The Bertz CT molecular complexity index is 1930. The van der Waals surface area contributed by atoms with Gasteiger partial charge < -0.3 is 24.5 Å². The van der Waals surface area contributed by atoms with Crippen LogP contribution in [0.3, 0.4) is 0 Å². The first kappa shape index (κ1) is 30.5. The summed E-state index contributed by atoms with van der Waals surface area (Å²) >= 11 is -1.11. The first-order chi connectivity index (χ1) is 21.5. The van der Waals surface area contributed by atoms with E-state index in [-0.39, 0.29) is 35.2 Å². The van der Waals surface area contributed by atoms with Crippen molar-refractivity contribution in [2.24, 2.45) is 7.05 Å². The van der Waals surface area contributed by atoms with Crippen LogP contribution in [0.1, 0.15) is 10.4 Å². The van der Waals surface area contributed by atoms with Gasteiger partial charge in [0.2, 0.25) is 11.8 Å². The van der Waals surface area contributed by atoms with Crippen molar-refractivity contribution in [2.75, 3.05) is 69.0 Å². The van der Waals surface area contributed by atoms with Crippen molar-refractivity contribution in [3.8, 4) is 11.6 Å². The average Bonchev–Trinajstić information content (AvgIpc) is 3.75. The van der Waals surface area contributed by atoms with Crippen molar-refractivity contribution in [3.63, 3.8) is 0 Å². The lowest BCUT2D eigenvalue weighted by Crippen LogP contribution is -2.48. The number of hydrogen-bond acceptors (Lipinski definition) is 10. The second-order valence-electron chi connectivity index (χ2n) is 10.9. The van der Waals surface area contributed by atoms with Crippen molar-refractivity contribution in [1.29, 1.82) is 0 Å². The van der Waals surface area contributed by atoms with Crippen molar-refractivity contribution in [3.05, 3.63) is 58.2 Å². The normalized spacial score (nSPS) is 14.9. The minimum absolute atomic E-state index is 0.0708. The van der Waals surface area contributed by atoms with E-state index in [1.54, 1.807) is 28.6 Å². The number of carbonyl (C=O) groups is 1. The number of anilines is 2. The smallest absolute Gasteiger partial charge is 0.330 e. The predicted molar refractivity (Wildman–Crippen MR) is 165 cm³/mol. The van der Waals surface area contributed by atoms with Crippen LogP contribution in [0.2, 0.25) is 0 Å². The number of imidazole rings is 1. The molecule has 1 aliphatic heterocycles. The number of aryl methyl sites for hydroxylation is 1. The van der Waals surface area contributed by atoms with Gasteiger partial charge in [0.1, 0.15) is 22.9 Å². The quantitative estimate of drug-likeness (QED) is 0.231. The molecule has 0 bridgehead atoms. The largest absolute Gasteiger partial charge is 0.617 e. The number of furan rings is 1. The molecule has 1 unspecified atom stereocenters. The molecule has 5 aromatic rings. The number of benzene rings is 1. The van der Waals surface area contributed by atoms with Crippen molar-refractivity contribution >= 4 is 45.5 Å². The highest BCUT2D eigenvalue weighted by molar-refractivity contribution is 7.90. The lowest BCUT2D eigenvalue weighted by molar-refractivity contribution is 0.0798. The van der Waals surface area contributed by atoms with E-state index in [0.29, 0.717) is 67.7 Å². The van der Waals surface area contributed by atoms with Crippen LogP contribution in [0.15, 0.2) is 39.7 Å². The molecule has 0 saturated carbocycles. The van der Waals surface area contributed by atoms with Gasteiger partial charge in [0.15, 0.2) is 17.1 Å². The van der Waals surface area contributed by atoms with Crippen LogP contribution in [0, 0.1) is 11.6 Å². The third-order valence-electron chi connectivity index (χ3n) is 8.00. The van der Waals surface area contributed by atoms with E-state index in [9.17, 15) is 22.9 Å². The minimum atomic E-state index is -1.11. The number of aromatic nitrogens is 6. The van der Waals surface area contributed by atoms with Gasteiger partial charge in [0.05, 0.1) is 30.3 Å². The van der Waals surface area contributed by atoms with Crippen LogP contribution < -0.4 is 16.3 Å². The molecule has 17 heteroatoms. The molecule has 6 rings (SSSR count). The third-order valence-corrected chi connectivity index (χ3v) is 8.76. The van der Waals surface area contributed by atoms with Crippen LogP contribution in [0.25, 0.3) is 28.4 Å². The summed E-state index contributed by atoms with van der Waals surface area (Å²) < 4.78 is 50.7. The molecule has 1 fully saturated rings. The molecule has 0 aliphatic carbocycles. The molecular formula is C28H32F2N10O4S. The van der Waals surface area contributed by atoms with E-state index < -0.39 is 28.7 Å². The van der Waals surface area contributed by atoms with Gasteiger partial charge in [0, 0.05) is 59.4 Å². The molecule has 1 amide bonds. The summed E-state index contributed by atoms with van der Waals surface area (Å²) in [5, 5.41) is 4.39. The molecule has 4 aromatic heterocycles. The Morgan fingerprint density at radius 3 is 2.58 bits per heavy atom. The van der Waals surface area contributed by atoms with Crippen molar-refractivity contribution in [2.45, 2.75) is 6.54 Å². The van der Waals surface area contributed by atoms with Crippen LogP contribution in [0.5, 0.6) is 0 Å². The number of fused-ring (bicyclic) bond motifs is 3. The molecule has 0 spiro atoms. The van der Waals surface area contributed by atoms with Crippen LogP contribution in [-0.4, -0.2) is 107 Å². The molecule has 1 aromatic carbocycles. The van der Waals surface area contributed by atoms with E-state index in [0.717, 1.165) is 6.07 Å². The Hall–Kier alpha value is -4.48. The average molecular weight is 643 g/mol. The standard InChI is InChI=1S/C28H32F2N10O4S/c1-35(12-14-45(3)43)26(41)17-15-20(19(30)16-18(17)29)38-9-6-37(7-10-38)8-11-39-24-22(36(2)28(39)42)25-32-23(21-5-4-13-44-21)34-40(25)27(31)33-24/h4-5,13,15-16H,6-12,14H2,1-3H3,(H2,31,33). The zero-order valence-electron chi connectivity index (χ0n) is 24.9. The maximum atomic E-state index is 14.9. The van der Waals surface area contributed by atoms with E-state index in [1.807, 2.05) is 0 Å². The fraction of sp³-hybridized carbons (Fsp3) is 0.393. The lowest BCUT2D eigenvalue weighted by atomic mass is 10.1. The molecule has 2 N–H and O–H groups in total. The van der Waals surface area contributed by atoms with Gasteiger partial charge in [-0.15, -0.1) is 5.10 Å². The number of carbonyl (C=O) groups excluding carboxylic acids is 1. The number of nitrogens with two attached hydrogens (primary N) is 1. The predicted octanol–water partition coefficient (Wildman–Crippen LogP) is 1.17. The number of piperazine rings is 1. The summed E-state index contributed by atoms with van der Waals surface area (Å²) in [7, 11) is 3.13. The molecule has 5 heterocycles. The van der Waals surface area contributed by atoms with Gasteiger partial charge in [-0.25, -0.2) is 18.6 Å². The van der Waals surface area contributed by atoms with Crippen LogP contribution >= 0.6 is 0 Å². The van der Waals surface area contributed by atoms with Gasteiger partial charge >= 0.3 is 5.69 Å². The van der Waals surface area contributed by atoms with E-state index in [4.69, 9.17) is 10.2 Å². The fourth-order valence-electron chi connectivity index (χ4n) is 5.47. The molecule has 1 atom stereocenters. The first-order valence-electron chi connectivity index (χ1n) is 14.2. The highest BCUT2D eigenvalue weighted by atomic mass is 32.2. The SMILES string of the molecule is CN(CC[S+](C)[O-])C(=O)c1cc(N2CCN(CCn3c(=O)n(C)c4c3nc(N)n3nc(-c5ccco5)nc43)CC2)c(F)cc1F. The molecule has 0 radical (unpaired) electrons. The topological polar surface area (TPSA) is 159 Å². The summed E-state index contributed by atoms with van der Waals surface area (Å²) in [6, 6.07) is 5.42. The number of halogens is 2. The van der Waals surface area contributed by atoms with Gasteiger partial charge in [-0.05, 0) is 18.2 Å². The number of nitrogens with zero attached hydrogens (tertiary/aromatic N) is 9. The van der Waals surface area contributed by atoms with Gasteiger partial charge in [0.25, 0.3) is 5.91 Å². The Morgan fingerprint density at radius 2 is 1.89 bits per heavy atom. The second kappa shape index (κ2) is 12.1. The van der Waals surface area contributed by atoms with E-state index in [1.165, 1.54) is 39.6 Å². The van der Waals surface area contributed by atoms with Gasteiger partial charge in [-0.1, -0.05) is 11.2 Å². The Labute approximate surface area is 258 Å². The summed E-state index contributed by atoms with van der Waals surface area (Å²) in [5.74, 6) is -1.21. The molecule has 238 valence electrons. The molecule has 45 heavy (non-hydrogen) atoms. The zero-order valence-corrected chi connectivity index (χ0v) is 25.8. The number of hydrogen-bond donors (Lipinski definition) is 1. The Balaban J connectivity index is 1.16. The third kappa shape index (κ3) is 5.73. The highest BCUT2D eigenvalue weighted by Gasteiger charge is 2.26. The molecule has 1 aliphatic rings. The number of amides is 1. The molecular weight excluding hydrogens is 610 g/mol. The second-order valence-corrected chi connectivity index (χ2v) is 12.5. The Kier molecular flexibility index (Phi) is 8.23. The number of rotatable bonds is 9. The summed E-state index contributed by atoms with van der Waals surface area (Å²) in [4.78, 5) is 40.3. The minimum Gasteiger partial charge on any atom is -0.617 e. The Morgan fingerprint density at radius 1 is 1.13 bits per heavy atom. The lowest BCUT2D eigenvalue weighted by Gasteiger charge is -2.36.